The minimum Gasteiger partial charge on any atom is -0.480 e. The van der Waals surface area contributed by atoms with Gasteiger partial charge in [0.1, 0.15) is 0 Å². The van der Waals surface area contributed by atoms with Crippen LogP contribution in [-0.2, 0) is 4.79 Å². The Labute approximate surface area is 137 Å². The third-order valence-electron chi connectivity index (χ3n) is 4.61. The Morgan fingerprint density at radius 2 is 2.00 bits per heavy atom. The van der Waals surface area contributed by atoms with Gasteiger partial charge in [0.2, 0.25) is 0 Å². The van der Waals surface area contributed by atoms with Gasteiger partial charge in [-0.3, -0.25) is 14.5 Å². The fourth-order valence-corrected chi connectivity index (χ4v) is 3.29. The second-order valence-corrected chi connectivity index (χ2v) is 6.50. The summed E-state index contributed by atoms with van der Waals surface area (Å²) in [6.07, 6.45) is 2.66. The van der Waals surface area contributed by atoms with Crippen molar-refractivity contribution in [2.45, 2.75) is 39.2 Å². The van der Waals surface area contributed by atoms with Gasteiger partial charge in [-0.1, -0.05) is 17.7 Å². The van der Waals surface area contributed by atoms with E-state index in [-0.39, 0.29) is 18.5 Å². The molecule has 0 aromatic heterocycles. The molecule has 0 bridgehead atoms. The molecule has 0 aliphatic carbocycles. The molecule has 0 saturated carbocycles. The van der Waals surface area contributed by atoms with Crippen LogP contribution in [-0.4, -0.2) is 59.5 Å². The number of likely N-dealkylation sites (N-methyl/N-ethyl adjacent to an activating group) is 1. The number of carbonyl (C=O) groups is 2. The summed E-state index contributed by atoms with van der Waals surface area (Å²) in [6.45, 7) is 5.47. The van der Waals surface area contributed by atoms with E-state index in [1.54, 1.807) is 0 Å². The van der Waals surface area contributed by atoms with Crippen LogP contribution in [0.3, 0.4) is 0 Å². The lowest BCUT2D eigenvalue weighted by Crippen LogP contribution is -2.37. The predicted octanol–water partition coefficient (Wildman–Crippen LogP) is 2.31. The fourth-order valence-electron chi connectivity index (χ4n) is 3.29. The largest absolute Gasteiger partial charge is 0.480 e. The second-order valence-electron chi connectivity index (χ2n) is 6.50. The molecule has 1 fully saturated rings. The van der Waals surface area contributed by atoms with Gasteiger partial charge in [0.25, 0.3) is 5.91 Å². The number of aliphatic carboxylic acids is 1. The number of hydrogen-bond donors (Lipinski definition) is 1. The minimum absolute atomic E-state index is 0.0513. The van der Waals surface area contributed by atoms with Crippen LogP contribution in [0.5, 0.6) is 0 Å². The Hall–Kier alpha value is -1.88. The van der Waals surface area contributed by atoms with Gasteiger partial charge < -0.3 is 10.0 Å². The van der Waals surface area contributed by atoms with E-state index in [1.165, 1.54) is 0 Å². The molecule has 126 valence electrons. The standard InChI is InChI=1S/C18H26N2O3/c1-13-6-7-16(14(2)11-13)18(23)20-9-4-5-15(8-10-20)19(3)12-17(21)22/h6-7,11,15H,4-5,8-10,12H2,1-3H3,(H,21,22). The zero-order chi connectivity index (χ0) is 17.0. The monoisotopic (exact) mass is 318 g/mol. The quantitative estimate of drug-likeness (QED) is 0.925. The molecule has 1 aliphatic rings. The fraction of sp³-hybridized carbons (Fsp3) is 0.556. The normalized spacial score (nSPS) is 18.8. The molecular formula is C18H26N2O3. The predicted molar refractivity (Wildman–Crippen MR) is 89.7 cm³/mol. The topological polar surface area (TPSA) is 60.9 Å². The third-order valence-corrected chi connectivity index (χ3v) is 4.61. The highest BCUT2D eigenvalue weighted by molar-refractivity contribution is 5.95. The van der Waals surface area contributed by atoms with Crippen LogP contribution in [0.4, 0.5) is 0 Å². The van der Waals surface area contributed by atoms with E-state index in [0.717, 1.165) is 42.5 Å². The Morgan fingerprint density at radius 3 is 2.65 bits per heavy atom. The summed E-state index contributed by atoms with van der Waals surface area (Å²) in [5.41, 5.74) is 2.94. The molecule has 1 aromatic rings. The van der Waals surface area contributed by atoms with Crippen molar-refractivity contribution in [2.24, 2.45) is 0 Å². The van der Waals surface area contributed by atoms with Crippen molar-refractivity contribution in [2.75, 3.05) is 26.7 Å². The molecule has 1 aromatic carbocycles. The second kappa shape index (κ2) is 7.59. The molecule has 1 atom stereocenters. The molecular weight excluding hydrogens is 292 g/mol. The van der Waals surface area contributed by atoms with Crippen molar-refractivity contribution in [3.8, 4) is 0 Å². The SMILES string of the molecule is Cc1ccc(C(=O)N2CCCC(N(C)CC(=O)O)CC2)c(C)c1. The first-order valence-electron chi connectivity index (χ1n) is 8.17. The maximum Gasteiger partial charge on any atom is 0.317 e. The number of carboxylic acids is 1. The zero-order valence-electron chi connectivity index (χ0n) is 14.2. The number of rotatable bonds is 4. The third kappa shape index (κ3) is 4.55. The van der Waals surface area contributed by atoms with Crippen molar-refractivity contribution in [3.05, 3.63) is 34.9 Å². The molecule has 1 unspecified atom stereocenters. The van der Waals surface area contributed by atoms with Gasteiger partial charge in [-0.2, -0.15) is 0 Å². The van der Waals surface area contributed by atoms with Crippen molar-refractivity contribution >= 4 is 11.9 Å². The van der Waals surface area contributed by atoms with Gasteiger partial charge in [-0.05, 0) is 51.8 Å². The van der Waals surface area contributed by atoms with Gasteiger partial charge in [-0.25, -0.2) is 0 Å². The molecule has 1 N–H and O–H groups in total. The van der Waals surface area contributed by atoms with Gasteiger partial charge in [0, 0.05) is 24.7 Å². The smallest absolute Gasteiger partial charge is 0.317 e. The molecule has 1 aliphatic heterocycles. The molecule has 1 saturated heterocycles. The van der Waals surface area contributed by atoms with Crippen LogP contribution in [0.25, 0.3) is 0 Å². The summed E-state index contributed by atoms with van der Waals surface area (Å²) >= 11 is 0. The van der Waals surface area contributed by atoms with Crippen molar-refractivity contribution in [3.63, 3.8) is 0 Å². The molecule has 0 spiro atoms. The summed E-state index contributed by atoms with van der Waals surface area (Å²) in [5, 5.41) is 8.92. The van der Waals surface area contributed by atoms with E-state index in [1.807, 2.05) is 48.9 Å². The molecule has 5 nitrogen and oxygen atoms in total. The molecule has 0 radical (unpaired) electrons. The Balaban J connectivity index is 2.02. The van der Waals surface area contributed by atoms with Gasteiger partial charge in [0.15, 0.2) is 0 Å². The van der Waals surface area contributed by atoms with Crippen LogP contribution in [0.15, 0.2) is 18.2 Å². The maximum absolute atomic E-state index is 12.8. The number of benzene rings is 1. The lowest BCUT2D eigenvalue weighted by Gasteiger charge is -2.26. The highest BCUT2D eigenvalue weighted by atomic mass is 16.4. The van der Waals surface area contributed by atoms with E-state index >= 15 is 0 Å². The van der Waals surface area contributed by atoms with E-state index in [4.69, 9.17) is 5.11 Å². The summed E-state index contributed by atoms with van der Waals surface area (Å²) in [6, 6.07) is 6.14. The lowest BCUT2D eigenvalue weighted by atomic mass is 10.0. The van der Waals surface area contributed by atoms with Gasteiger partial charge in [-0.15, -0.1) is 0 Å². The van der Waals surface area contributed by atoms with E-state index < -0.39 is 5.97 Å². The number of carboxylic acid groups (broad SMARTS) is 1. The molecule has 23 heavy (non-hydrogen) atoms. The Kier molecular flexibility index (Phi) is 5.77. The molecule has 1 amide bonds. The molecule has 5 heteroatoms. The summed E-state index contributed by atoms with van der Waals surface area (Å²) in [7, 11) is 1.85. The lowest BCUT2D eigenvalue weighted by molar-refractivity contribution is -0.138. The number of amides is 1. The average Bonchev–Trinajstić information content (AvgIpc) is 2.71. The summed E-state index contributed by atoms with van der Waals surface area (Å²) < 4.78 is 0. The Morgan fingerprint density at radius 1 is 1.26 bits per heavy atom. The number of likely N-dealkylation sites (tertiary alicyclic amines) is 1. The van der Waals surface area contributed by atoms with E-state index in [9.17, 15) is 9.59 Å². The Bertz CT molecular complexity index is 586. The first-order chi connectivity index (χ1) is 10.9. The number of hydrogen-bond acceptors (Lipinski definition) is 3. The maximum atomic E-state index is 12.8. The van der Waals surface area contributed by atoms with Crippen molar-refractivity contribution in [1.29, 1.82) is 0 Å². The number of nitrogens with zero attached hydrogens (tertiary/aromatic N) is 2. The van der Waals surface area contributed by atoms with Crippen LogP contribution < -0.4 is 0 Å². The summed E-state index contributed by atoms with van der Waals surface area (Å²) in [5.74, 6) is -0.719. The van der Waals surface area contributed by atoms with Crippen LogP contribution in [0, 0.1) is 13.8 Å². The first kappa shape index (κ1) is 17.5. The van der Waals surface area contributed by atoms with Crippen LogP contribution in [0.2, 0.25) is 0 Å². The summed E-state index contributed by atoms with van der Waals surface area (Å²) in [4.78, 5) is 27.4. The minimum atomic E-state index is -0.806. The van der Waals surface area contributed by atoms with Crippen molar-refractivity contribution < 1.29 is 14.7 Å². The first-order valence-corrected chi connectivity index (χ1v) is 8.17. The molecule has 1 heterocycles. The average molecular weight is 318 g/mol. The number of carbonyl (C=O) groups excluding carboxylic acids is 1. The van der Waals surface area contributed by atoms with Crippen LogP contribution >= 0.6 is 0 Å². The van der Waals surface area contributed by atoms with E-state index in [2.05, 4.69) is 0 Å². The zero-order valence-corrected chi connectivity index (χ0v) is 14.2. The van der Waals surface area contributed by atoms with E-state index in [0.29, 0.717) is 6.54 Å². The molecule has 2 rings (SSSR count). The van der Waals surface area contributed by atoms with Crippen LogP contribution in [0.1, 0.15) is 40.7 Å². The highest BCUT2D eigenvalue weighted by Crippen LogP contribution is 2.19. The van der Waals surface area contributed by atoms with Gasteiger partial charge >= 0.3 is 5.97 Å². The van der Waals surface area contributed by atoms with Crippen molar-refractivity contribution in [1.82, 2.24) is 9.80 Å². The highest BCUT2D eigenvalue weighted by Gasteiger charge is 2.25. The van der Waals surface area contributed by atoms with Gasteiger partial charge in [0.05, 0.1) is 6.54 Å². The number of aryl methyl sites for hydroxylation is 2.